The Morgan fingerprint density at radius 3 is 1.27 bits per heavy atom. The Morgan fingerprint density at radius 1 is 0.529 bits per heavy atom. The van der Waals surface area contributed by atoms with E-state index >= 15 is 0 Å². The summed E-state index contributed by atoms with van der Waals surface area (Å²) in [5.41, 5.74) is 9.26. The zero-order valence-electron chi connectivity index (χ0n) is 31.0. The number of rotatable bonds is 14. The van der Waals surface area contributed by atoms with E-state index in [2.05, 4.69) is 98.8 Å². The summed E-state index contributed by atoms with van der Waals surface area (Å²) in [7, 11) is 0. The van der Waals surface area contributed by atoms with E-state index in [1.165, 1.54) is 133 Å². The third-order valence-electron chi connectivity index (χ3n) is 11.9. The molecule has 264 valence electrons. The molecule has 2 fully saturated rings. The number of nitriles is 2. The van der Waals surface area contributed by atoms with Crippen molar-refractivity contribution in [1.29, 1.82) is 10.5 Å². The van der Waals surface area contributed by atoms with Crippen molar-refractivity contribution < 1.29 is 0 Å². The van der Waals surface area contributed by atoms with Crippen molar-refractivity contribution >= 4 is 11.8 Å². The Bertz CT molecular complexity index is 1640. The van der Waals surface area contributed by atoms with Crippen LogP contribution in [-0.4, -0.2) is 0 Å². The maximum Gasteiger partial charge on any atom is 0.0991 e. The first-order chi connectivity index (χ1) is 25.0. The van der Waals surface area contributed by atoms with Crippen molar-refractivity contribution in [3.05, 3.63) is 129 Å². The van der Waals surface area contributed by atoms with E-state index in [0.29, 0.717) is 23.0 Å². The summed E-state index contributed by atoms with van der Waals surface area (Å²) in [5, 5.41) is 19.6. The standard InChI is InChI=1S/C48H56N2S/c1-3-5-7-35-9-19-41(20-10-35)43-23-13-37(14-24-43)29-45-31-39(33-49)17-27-47(45)51-48-28-18-40(34-50)32-46(48)30-38-15-25-44(26-16-38)42-21-11-36(12-22-42)8-6-4-2/h13-18,23-28,31-32,35-36,41-42H,3-12,19-22,29-30H2,1-2H3/t35-,36-,41-,42-. The van der Waals surface area contributed by atoms with Gasteiger partial charge in [0.2, 0.25) is 0 Å². The third kappa shape index (κ3) is 10.2. The topological polar surface area (TPSA) is 47.6 Å². The molecule has 51 heavy (non-hydrogen) atoms. The number of benzene rings is 4. The molecule has 0 atom stereocenters. The predicted molar refractivity (Wildman–Crippen MR) is 213 cm³/mol. The number of nitrogens with zero attached hydrogens (tertiary/aromatic N) is 2. The van der Waals surface area contributed by atoms with Gasteiger partial charge in [0.05, 0.1) is 23.3 Å². The van der Waals surface area contributed by atoms with Crippen LogP contribution in [0.25, 0.3) is 0 Å². The second kappa shape index (κ2) is 18.6. The second-order valence-corrected chi connectivity index (χ2v) is 16.6. The number of hydrogen-bond donors (Lipinski definition) is 0. The molecular formula is C48H56N2S. The molecule has 0 spiro atoms. The van der Waals surface area contributed by atoms with Gasteiger partial charge in [0.1, 0.15) is 0 Å². The Hall–Kier alpha value is -3.79. The minimum atomic E-state index is 0.686. The predicted octanol–water partition coefficient (Wildman–Crippen LogP) is 13.7. The lowest BCUT2D eigenvalue weighted by Gasteiger charge is -2.29. The molecule has 0 bridgehead atoms. The molecule has 3 heteroatoms. The van der Waals surface area contributed by atoms with Crippen LogP contribution in [0.4, 0.5) is 0 Å². The van der Waals surface area contributed by atoms with Crippen LogP contribution in [0.1, 0.15) is 160 Å². The van der Waals surface area contributed by atoms with Gasteiger partial charge in [-0.05, 0) is 158 Å². The smallest absolute Gasteiger partial charge is 0.0991 e. The number of unbranched alkanes of at least 4 members (excludes halogenated alkanes) is 2. The van der Waals surface area contributed by atoms with Crippen molar-refractivity contribution in [2.24, 2.45) is 11.8 Å². The van der Waals surface area contributed by atoms with Gasteiger partial charge in [0.25, 0.3) is 0 Å². The highest BCUT2D eigenvalue weighted by molar-refractivity contribution is 7.99. The highest BCUT2D eigenvalue weighted by atomic mass is 32.2. The van der Waals surface area contributed by atoms with E-state index in [1.807, 2.05) is 12.1 Å². The average molecular weight is 693 g/mol. The molecule has 0 unspecified atom stereocenters. The first kappa shape index (κ1) is 37.0. The van der Waals surface area contributed by atoms with Gasteiger partial charge in [0, 0.05) is 9.79 Å². The minimum Gasteiger partial charge on any atom is -0.192 e. The molecule has 0 saturated heterocycles. The van der Waals surface area contributed by atoms with Gasteiger partial charge in [-0.3, -0.25) is 0 Å². The first-order valence-electron chi connectivity index (χ1n) is 20.0. The van der Waals surface area contributed by atoms with E-state index in [0.717, 1.165) is 24.7 Å². The lowest BCUT2D eigenvalue weighted by molar-refractivity contribution is 0.304. The minimum absolute atomic E-state index is 0.686. The van der Waals surface area contributed by atoms with E-state index in [4.69, 9.17) is 0 Å². The van der Waals surface area contributed by atoms with Gasteiger partial charge in [-0.1, -0.05) is 113 Å². The summed E-state index contributed by atoms with van der Waals surface area (Å²) in [6.07, 6.45) is 20.5. The Balaban J connectivity index is 1.14. The highest BCUT2D eigenvalue weighted by Crippen LogP contribution is 2.40. The fraction of sp³-hybridized carbons (Fsp3) is 0.458. The fourth-order valence-corrected chi connectivity index (χ4v) is 9.73. The monoisotopic (exact) mass is 692 g/mol. The molecule has 6 rings (SSSR count). The summed E-state index contributed by atoms with van der Waals surface area (Å²) in [5.74, 6) is 3.23. The third-order valence-corrected chi connectivity index (χ3v) is 13.2. The largest absolute Gasteiger partial charge is 0.192 e. The van der Waals surface area contributed by atoms with E-state index in [9.17, 15) is 10.5 Å². The first-order valence-corrected chi connectivity index (χ1v) is 20.8. The van der Waals surface area contributed by atoms with Crippen LogP contribution < -0.4 is 0 Å². The zero-order chi connectivity index (χ0) is 35.4. The van der Waals surface area contributed by atoms with Crippen LogP contribution in [0, 0.1) is 34.5 Å². The molecule has 0 radical (unpaired) electrons. The molecule has 2 aliphatic rings. The summed E-state index contributed by atoms with van der Waals surface area (Å²) in [4.78, 5) is 2.33. The van der Waals surface area contributed by atoms with Crippen molar-refractivity contribution in [1.82, 2.24) is 0 Å². The molecular weight excluding hydrogens is 637 g/mol. The molecule has 0 heterocycles. The molecule has 0 amide bonds. The van der Waals surface area contributed by atoms with Crippen molar-refractivity contribution in [3.8, 4) is 12.1 Å². The molecule has 2 saturated carbocycles. The average Bonchev–Trinajstić information content (AvgIpc) is 3.18. The molecule has 4 aromatic rings. The molecule has 0 aromatic heterocycles. The second-order valence-electron chi connectivity index (χ2n) is 15.5. The summed E-state index contributed by atoms with van der Waals surface area (Å²) >= 11 is 1.76. The molecule has 2 nitrogen and oxygen atoms in total. The summed E-state index contributed by atoms with van der Waals surface area (Å²) < 4.78 is 0. The highest BCUT2D eigenvalue weighted by Gasteiger charge is 2.23. The quantitative estimate of drug-likeness (QED) is 0.132. The van der Waals surface area contributed by atoms with Gasteiger partial charge in [-0.2, -0.15) is 10.5 Å². The number of hydrogen-bond acceptors (Lipinski definition) is 3. The van der Waals surface area contributed by atoms with E-state index < -0.39 is 0 Å². The van der Waals surface area contributed by atoms with Crippen LogP contribution in [-0.2, 0) is 12.8 Å². The van der Waals surface area contributed by atoms with Gasteiger partial charge < -0.3 is 0 Å². The molecule has 0 N–H and O–H groups in total. The summed E-state index contributed by atoms with van der Waals surface area (Å²) in [6.45, 7) is 4.60. The van der Waals surface area contributed by atoms with Gasteiger partial charge in [-0.25, -0.2) is 0 Å². The Labute approximate surface area is 312 Å². The maximum absolute atomic E-state index is 9.78. The molecule has 2 aliphatic carbocycles. The van der Waals surface area contributed by atoms with Crippen LogP contribution >= 0.6 is 11.8 Å². The Morgan fingerprint density at radius 2 is 0.922 bits per heavy atom. The van der Waals surface area contributed by atoms with Crippen LogP contribution in [0.5, 0.6) is 0 Å². The normalized spacial score (nSPS) is 20.4. The van der Waals surface area contributed by atoms with E-state index in [-0.39, 0.29) is 0 Å². The van der Waals surface area contributed by atoms with Crippen molar-refractivity contribution in [2.75, 3.05) is 0 Å². The summed E-state index contributed by atoms with van der Waals surface area (Å²) in [6, 6.07) is 35.6. The van der Waals surface area contributed by atoms with E-state index in [1.54, 1.807) is 11.8 Å². The van der Waals surface area contributed by atoms with Crippen molar-refractivity contribution in [2.45, 2.75) is 138 Å². The van der Waals surface area contributed by atoms with Crippen molar-refractivity contribution in [3.63, 3.8) is 0 Å². The van der Waals surface area contributed by atoms with Crippen LogP contribution in [0.2, 0.25) is 0 Å². The van der Waals surface area contributed by atoms with Gasteiger partial charge in [-0.15, -0.1) is 0 Å². The van der Waals surface area contributed by atoms with Gasteiger partial charge >= 0.3 is 0 Å². The van der Waals surface area contributed by atoms with Gasteiger partial charge in [0.15, 0.2) is 0 Å². The molecule has 0 aliphatic heterocycles. The van der Waals surface area contributed by atoms with Crippen LogP contribution in [0.15, 0.2) is 94.7 Å². The SMILES string of the molecule is CCCC[C@H]1CC[C@H](c2ccc(Cc3cc(C#N)ccc3Sc3ccc(C#N)cc3Cc3ccc([C@H]4CC[C@H](CCCC)CC4)cc3)cc2)CC1. The maximum atomic E-state index is 9.78. The zero-order valence-corrected chi connectivity index (χ0v) is 31.8. The Kier molecular flexibility index (Phi) is 13.5. The molecule has 4 aromatic carbocycles. The lowest BCUT2D eigenvalue weighted by Crippen LogP contribution is -2.13. The lowest BCUT2D eigenvalue weighted by atomic mass is 9.77. The van der Waals surface area contributed by atoms with Crippen LogP contribution in [0.3, 0.4) is 0 Å². The fourth-order valence-electron chi connectivity index (χ4n) is 8.70.